The van der Waals surface area contributed by atoms with E-state index in [2.05, 4.69) is 40.5 Å². The van der Waals surface area contributed by atoms with E-state index in [9.17, 15) is 19.5 Å². The van der Waals surface area contributed by atoms with E-state index in [-0.39, 0.29) is 41.3 Å². The fourth-order valence-corrected chi connectivity index (χ4v) is 8.50. The number of halogens is 1. The first kappa shape index (κ1) is 33.7. The zero-order valence-electron chi connectivity index (χ0n) is 28.0. The number of piperidine rings is 1. The smallest absolute Gasteiger partial charge is 0.336 e. The van der Waals surface area contributed by atoms with Crippen molar-refractivity contribution in [2.24, 2.45) is 16.1 Å². The number of benzene rings is 2. The number of thiophene rings is 1. The Morgan fingerprint density at radius 3 is 2.44 bits per heavy atom. The van der Waals surface area contributed by atoms with E-state index in [1.165, 1.54) is 23.1 Å². The molecule has 4 aromatic rings. The maximum absolute atomic E-state index is 13.9. The number of hydrogen-bond acceptors (Lipinski definition) is 8. The van der Waals surface area contributed by atoms with Crippen molar-refractivity contribution < 1.29 is 19.5 Å². The van der Waals surface area contributed by atoms with Gasteiger partial charge in [-0.25, -0.2) is 4.79 Å². The molecule has 3 N–H and O–H groups in total. The summed E-state index contributed by atoms with van der Waals surface area (Å²) in [6.07, 6.45) is 1.69. The number of fused-ring (bicyclic) bond motifs is 3. The Kier molecular flexibility index (Phi) is 8.84. The van der Waals surface area contributed by atoms with Gasteiger partial charge in [0.25, 0.3) is 5.91 Å². The molecule has 3 aliphatic rings. The number of nitrogens with two attached hydrogens (primary N) is 1. The van der Waals surface area contributed by atoms with Gasteiger partial charge in [-0.15, -0.1) is 21.5 Å². The van der Waals surface area contributed by atoms with E-state index in [4.69, 9.17) is 22.3 Å². The minimum atomic E-state index is -1.11. The summed E-state index contributed by atoms with van der Waals surface area (Å²) in [5.74, 6) is 5.58. The van der Waals surface area contributed by atoms with Crippen molar-refractivity contribution in [3.63, 3.8) is 0 Å². The molecule has 5 heterocycles. The van der Waals surface area contributed by atoms with Gasteiger partial charge in [-0.05, 0) is 69.5 Å². The summed E-state index contributed by atoms with van der Waals surface area (Å²) in [5.41, 5.74) is 10.0. The summed E-state index contributed by atoms with van der Waals surface area (Å²) in [6, 6.07) is 11.6. The molecule has 0 radical (unpaired) electrons. The van der Waals surface area contributed by atoms with Gasteiger partial charge in [0.15, 0.2) is 5.82 Å². The SMILES string of the molecule is Cc1sc2c(c1C)C(c1ccc(Cl)cc1)=N[C@@H](CC(=O)N1CC3(CCN(C(=O)c4ccc(C(=O)O)c(C#CCN)c4)CC3)C1)c1nnc(C)n1-2. The molecule has 0 saturated carbocycles. The normalized spacial score (nSPS) is 17.5. The van der Waals surface area contributed by atoms with Crippen LogP contribution in [0.2, 0.25) is 5.02 Å². The average molecular weight is 710 g/mol. The fourth-order valence-electron chi connectivity index (χ4n) is 7.16. The summed E-state index contributed by atoms with van der Waals surface area (Å²) in [5, 5.41) is 20.1. The number of aryl methyl sites for hydroxylation is 2. The monoisotopic (exact) mass is 709 g/mol. The molecule has 3 aliphatic heterocycles. The first-order chi connectivity index (χ1) is 24.0. The van der Waals surface area contributed by atoms with Crippen LogP contribution < -0.4 is 5.73 Å². The topological polar surface area (TPSA) is 147 Å². The van der Waals surface area contributed by atoms with Gasteiger partial charge in [0.1, 0.15) is 16.9 Å². The largest absolute Gasteiger partial charge is 0.478 e. The van der Waals surface area contributed by atoms with Crippen LogP contribution in [0.3, 0.4) is 0 Å². The number of aromatic carboxylic acids is 1. The van der Waals surface area contributed by atoms with Gasteiger partial charge in [-0.3, -0.25) is 19.1 Å². The molecule has 2 aromatic heterocycles. The highest BCUT2D eigenvalue weighted by molar-refractivity contribution is 7.15. The second kappa shape index (κ2) is 13.1. The third kappa shape index (κ3) is 5.99. The molecule has 2 aromatic carbocycles. The van der Waals surface area contributed by atoms with Crippen molar-refractivity contribution in [1.29, 1.82) is 0 Å². The Bertz CT molecular complexity index is 2130. The number of likely N-dealkylation sites (tertiary alicyclic amines) is 2. The van der Waals surface area contributed by atoms with Crippen LogP contribution in [0.15, 0.2) is 47.5 Å². The predicted molar refractivity (Wildman–Crippen MR) is 191 cm³/mol. The molecule has 0 bridgehead atoms. The van der Waals surface area contributed by atoms with E-state index in [0.717, 1.165) is 46.1 Å². The minimum absolute atomic E-state index is 0.00772. The zero-order valence-corrected chi connectivity index (χ0v) is 29.6. The Hall–Kier alpha value is -4.83. The van der Waals surface area contributed by atoms with Crippen LogP contribution >= 0.6 is 22.9 Å². The summed E-state index contributed by atoms with van der Waals surface area (Å²) in [6.45, 7) is 8.55. The van der Waals surface area contributed by atoms with E-state index < -0.39 is 12.0 Å². The van der Waals surface area contributed by atoms with Crippen molar-refractivity contribution in [1.82, 2.24) is 24.6 Å². The molecule has 1 atom stereocenters. The molecular weight excluding hydrogens is 674 g/mol. The number of carboxylic acid groups (broad SMARTS) is 1. The van der Waals surface area contributed by atoms with Gasteiger partial charge in [0.2, 0.25) is 5.91 Å². The number of carboxylic acids is 1. The lowest BCUT2D eigenvalue weighted by Crippen LogP contribution is -2.62. The van der Waals surface area contributed by atoms with Gasteiger partial charge >= 0.3 is 5.97 Å². The number of nitrogens with zero attached hydrogens (tertiary/aromatic N) is 6. The Morgan fingerprint density at radius 1 is 1.04 bits per heavy atom. The highest BCUT2D eigenvalue weighted by atomic mass is 35.5. The number of amides is 2. The lowest BCUT2D eigenvalue weighted by Gasteiger charge is -2.54. The first-order valence-electron chi connectivity index (χ1n) is 16.5. The van der Waals surface area contributed by atoms with Crippen molar-refractivity contribution in [3.05, 3.63) is 97.4 Å². The molecule has 2 amide bonds. The fraction of sp³-hybridized carbons (Fsp3) is 0.351. The molecule has 50 heavy (non-hydrogen) atoms. The lowest BCUT2D eigenvalue weighted by molar-refractivity contribution is -0.146. The third-order valence-electron chi connectivity index (χ3n) is 10.1. The molecule has 7 rings (SSSR count). The van der Waals surface area contributed by atoms with Crippen LogP contribution in [0, 0.1) is 38.0 Å². The molecule has 1 spiro atoms. The van der Waals surface area contributed by atoms with E-state index in [1.807, 2.05) is 36.1 Å². The second-order valence-corrected chi connectivity index (χ2v) is 14.9. The lowest BCUT2D eigenvalue weighted by atomic mass is 9.71. The predicted octanol–water partition coefficient (Wildman–Crippen LogP) is 4.96. The maximum Gasteiger partial charge on any atom is 0.336 e. The molecule has 2 saturated heterocycles. The van der Waals surface area contributed by atoms with Gasteiger partial charge in [0, 0.05) is 63.7 Å². The van der Waals surface area contributed by atoms with Gasteiger partial charge in [-0.1, -0.05) is 35.6 Å². The van der Waals surface area contributed by atoms with Crippen LogP contribution in [0.1, 0.15) is 84.8 Å². The number of rotatable bonds is 5. The summed E-state index contributed by atoms with van der Waals surface area (Å²) in [7, 11) is 0. The molecular formula is C37H36ClN7O4S. The zero-order chi connectivity index (χ0) is 35.3. The number of aliphatic imine (C=N–C) groups is 1. The minimum Gasteiger partial charge on any atom is -0.478 e. The highest BCUT2D eigenvalue weighted by Gasteiger charge is 2.48. The van der Waals surface area contributed by atoms with Crippen LogP contribution in [0.5, 0.6) is 0 Å². The van der Waals surface area contributed by atoms with E-state index >= 15 is 0 Å². The first-order valence-corrected chi connectivity index (χ1v) is 17.7. The molecule has 256 valence electrons. The molecule has 13 heteroatoms. The number of carbonyl (C=O) groups excluding carboxylic acids is 2. The number of hydrogen-bond donors (Lipinski definition) is 2. The quantitative estimate of drug-likeness (QED) is 0.279. The summed E-state index contributed by atoms with van der Waals surface area (Å²) in [4.78, 5) is 49.0. The van der Waals surface area contributed by atoms with Crippen molar-refractivity contribution in [3.8, 4) is 16.8 Å². The van der Waals surface area contributed by atoms with Crippen molar-refractivity contribution in [2.75, 3.05) is 32.7 Å². The Morgan fingerprint density at radius 2 is 1.76 bits per heavy atom. The number of aromatic nitrogens is 3. The van der Waals surface area contributed by atoms with E-state index in [0.29, 0.717) is 42.6 Å². The van der Waals surface area contributed by atoms with Crippen LogP contribution in [-0.4, -0.2) is 85.9 Å². The summed E-state index contributed by atoms with van der Waals surface area (Å²) >= 11 is 7.92. The second-order valence-electron chi connectivity index (χ2n) is 13.2. The molecule has 0 unspecified atom stereocenters. The molecule has 11 nitrogen and oxygen atoms in total. The molecule has 0 aliphatic carbocycles. The van der Waals surface area contributed by atoms with Crippen molar-refractivity contribution in [2.45, 2.75) is 46.1 Å². The Balaban J connectivity index is 1.06. The van der Waals surface area contributed by atoms with Crippen LogP contribution in [0.25, 0.3) is 5.00 Å². The molecule has 2 fully saturated rings. The Labute approximate surface area is 298 Å². The maximum atomic E-state index is 13.9. The highest BCUT2D eigenvalue weighted by Crippen LogP contribution is 2.43. The van der Waals surface area contributed by atoms with Crippen LogP contribution in [0.4, 0.5) is 0 Å². The van der Waals surface area contributed by atoms with Gasteiger partial charge < -0.3 is 20.6 Å². The van der Waals surface area contributed by atoms with Gasteiger partial charge in [-0.2, -0.15) is 0 Å². The van der Waals surface area contributed by atoms with Crippen LogP contribution in [-0.2, 0) is 4.79 Å². The third-order valence-corrected chi connectivity index (χ3v) is 11.5. The van der Waals surface area contributed by atoms with Gasteiger partial charge in [0.05, 0.1) is 24.2 Å². The van der Waals surface area contributed by atoms with Crippen molar-refractivity contribution >= 4 is 46.4 Å². The standard InChI is InChI=1S/C37H36ClN7O4S/c1-21-22(2)50-35-31(21)32(24-6-9-27(38)10-7-24)40-29(33-42-41-23(3)45(33)35)18-30(46)44-19-37(20-44)12-15-43(16-13-37)34(47)26-8-11-28(36(48)49)25(17-26)5-4-14-39/h6-11,17,29H,12-16,18-20,39H2,1-3H3,(H,48,49)/t29-/m0/s1. The van der Waals surface area contributed by atoms with E-state index in [1.54, 1.807) is 16.2 Å². The average Bonchev–Trinajstić information content (AvgIpc) is 3.57. The number of carbonyl (C=O) groups is 3. The summed E-state index contributed by atoms with van der Waals surface area (Å²) < 4.78 is 2.05.